The molecule has 0 aromatic heterocycles. The summed E-state index contributed by atoms with van der Waals surface area (Å²) in [5, 5.41) is 5.62. The number of carbonyl (C=O) groups is 3. The van der Waals surface area contributed by atoms with Gasteiger partial charge in [0.1, 0.15) is 12.3 Å². The summed E-state index contributed by atoms with van der Waals surface area (Å²) in [6.45, 7) is 2.44. The number of amides is 4. The molecule has 0 saturated carbocycles. The van der Waals surface area contributed by atoms with Gasteiger partial charge < -0.3 is 15.4 Å². The molecular formula is C22H23N3O4. The molecule has 1 saturated heterocycles. The number of urea groups is 1. The van der Waals surface area contributed by atoms with Crippen molar-refractivity contribution in [1.82, 2.24) is 15.5 Å². The van der Waals surface area contributed by atoms with Crippen molar-refractivity contribution in [3.8, 4) is 5.75 Å². The summed E-state index contributed by atoms with van der Waals surface area (Å²) >= 11 is 0. The average Bonchev–Trinajstić information content (AvgIpc) is 2.97. The largest absolute Gasteiger partial charge is 0.493 e. The molecule has 7 heteroatoms. The van der Waals surface area contributed by atoms with Crippen LogP contribution in [0.3, 0.4) is 0 Å². The van der Waals surface area contributed by atoms with Crippen LogP contribution >= 0.6 is 0 Å². The standard InChI is InChI=1S/C22H23N3O4/c1-15(16-7-3-2-4-8-16)13-23-19(26)14-25-20(27)22(24-21(25)28)11-12-29-18-10-6-5-9-17(18)22/h2-10,15H,11-14H2,1H3,(H,23,26)(H,24,28)/t15-,22-/m1/s1. The van der Waals surface area contributed by atoms with Crippen molar-refractivity contribution in [3.05, 3.63) is 65.7 Å². The second-order valence-electron chi connectivity index (χ2n) is 7.44. The first-order valence-electron chi connectivity index (χ1n) is 9.69. The van der Waals surface area contributed by atoms with E-state index in [0.29, 0.717) is 30.9 Å². The normalized spacial score (nSPS) is 21.3. The topological polar surface area (TPSA) is 87.7 Å². The average molecular weight is 393 g/mol. The van der Waals surface area contributed by atoms with Crippen molar-refractivity contribution in [3.63, 3.8) is 0 Å². The molecule has 2 heterocycles. The highest BCUT2D eigenvalue weighted by Gasteiger charge is 2.55. The molecule has 2 N–H and O–H groups in total. The van der Waals surface area contributed by atoms with E-state index in [9.17, 15) is 14.4 Å². The number of para-hydroxylation sites is 1. The number of nitrogens with one attached hydrogen (secondary N) is 2. The lowest BCUT2D eigenvalue weighted by Gasteiger charge is -2.33. The van der Waals surface area contributed by atoms with Crippen LogP contribution in [-0.2, 0) is 15.1 Å². The highest BCUT2D eigenvalue weighted by Crippen LogP contribution is 2.40. The molecule has 7 nitrogen and oxygen atoms in total. The number of fused-ring (bicyclic) bond motifs is 2. The van der Waals surface area contributed by atoms with E-state index >= 15 is 0 Å². The van der Waals surface area contributed by atoms with Crippen LogP contribution in [-0.4, -0.2) is 42.4 Å². The van der Waals surface area contributed by atoms with Gasteiger partial charge in [0, 0.05) is 18.5 Å². The highest BCUT2D eigenvalue weighted by molar-refractivity contribution is 6.09. The first kappa shape index (κ1) is 19.0. The van der Waals surface area contributed by atoms with Crippen LogP contribution < -0.4 is 15.4 Å². The Balaban J connectivity index is 1.43. The van der Waals surface area contributed by atoms with E-state index < -0.39 is 17.5 Å². The minimum absolute atomic E-state index is 0.122. The van der Waals surface area contributed by atoms with Gasteiger partial charge in [0.05, 0.1) is 6.61 Å². The van der Waals surface area contributed by atoms with E-state index in [1.807, 2.05) is 43.3 Å². The minimum Gasteiger partial charge on any atom is -0.493 e. The van der Waals surface area contributed by atoms with Crippen molar-refractivity contribution in [2.45, 2.75) is 24.8 Å². The molecule has 2 atom stereocenters. The SMILES string of the molecule is C[C@H](CNC(=O)CN1C(=O)N[C@@]2(CCOc3ccccc32)C1=O)c1ccccc1. The molecule has 1 fully saturated rings. The fourth-order valence-corrected chi connectivity index (χ4v) is 3.88. The minimum atomic E-state index is -1.16. The van der Waals surface area contributed by atoms with E-state index in [4.69, 9.17) is 4.74 Å². The van der Waals surface area contributed by atoms with Crippen LogP contribution in [0.15, 0.2) is 54.6 Å². The zero-order chi connectivity index (χ0) is 20.4. The zero-order valence-corrected chi connectivity index (χ0v) is 16.2. The maximum absolute atomic E-state index is 13.2. The number of imide groups is 1. The summed E-state index contributed by atoms with van der Waals surface area (Å²) in [6.07, 6.45) is 0.331. The Morgan fingerprint density at radius 2 is 1.90 bits per heavy atom. The van der Waals surface area contributed by atoms with E-state index in [1.54, 1.807) is 18.2 Å². The van der Waals surface area contributed by atoms with Gasteiger partial charge in [-0.1, -0.05) is 55.5 Å². The number of rotatable bonds is 5. The molecule has 2 aromatic rings. The van der Waals surface area contributed by atoms with E-state index in [0.717, 1.165) is 10.5 Å². The van der Waals surface area contributed by atoms with Gasteiger partial charge >= 0.3 is 6.03 Å². The van der Waals surface area contributed by atoms with Gasteiger partial charge in [0.15, 0.2) is 5.54 Å². The Kier molecular flexibility index (Phi) is 4.96. The molecule has 0 aliphatic carbocycles. The third-order valence-electron chi connectivity index (χ3n) is 5.53. The maximum atomic E-state index is 13.2. The predicted molar refractivity (Wildman–Crippen MR) is 106 cm³/mol. The molecule has 4 rings (SSSR count). The Morgan fingerprint density at radius 3 is 2.69 bits per heavy atom. The zero-order valence-electron chi connectivity index (χ0n) is 16.2. The number of ether oxygens (including phenoxy) is 1. The Morgan fingerprint density at radius 1 is 1.17 bits per heavy atom. The first-order chi connectivity index (χ1) is 14.0. The van der Waals surface area contributed by atoms with Gasteiger partial charge in [-0.15, -0.1) is 0 Å². The number of hydrogen-bond donors (Lipinski definition) is 2. The summed E-state index contributed by atoms with van der Waals surface area (Å²) in [7, 11) is 0. The third-order valence-corrected chi connectivity index (χ3v) is 5.53. The van der Waals surface area contributed by atoms with E-state index in [-0.39, 0.29) is 18.4 Å². The number of benzene rings is 2. The van der Waals surface area contributed by atoms with Crippen molar-refractivity contribution in [1.29, 1.82) is 0 Å². The van der Waals surface area contributed by atoms with Gasteiger partial charge in [-0.05, 0) is 17.5 Å². The second kappa shape index (κ2) is 7.58. The van der Waals surface area contributed by atoms with Crippen molar-refractivity contribution in [2.75, 3.05) is 19.7 Å². The summed E-state index contributed by atoms with van der Waals surface area (Å²) in [4.78, 5) is 39.1. The van der Waals surface area contributed by atoms with Crippen molar-refractivity contribution < 1.29 is 19.1 Å². The summed E-state index contributed by atoms with van der Waals surface area (Å²) in [5.74, 6) is -0.0782. The Bertz CT molecular complexity index is 946. The smallest absolute Gasteiger partial charge is 0.325 e. The van der Waals surface area contributed by atoms with Crippen LogP contribution in [0.2, 0.25) is 0 Å². The molecule has 0 bridgehead atoms. The van der Waals surface area contributed by atoms with Gasteiger partial charge in [-0.25, -0.2) is 4.79 Å². The lowest BCUT2D eigenvalue weighted by atomic mass is 9.84. The highest BCUT2D eigenvalue weighted by atomic mass is 16.5. The quantitative estimate of drug-likeness (QED) is 0.762. The van der Waals surface area contributed by atoms with Crippen LogP contribution in [0.4, 0.5) is 4.79 Å². The molecule has 0 radical (unpaired) electrons. The molecule has 29 heavy (non-hydrogen) atoms. The van der Waals surface area contributed by atoms with Crippen LogP contribution in [0.25, 0.3) is 0 Å². The predicted octanol–water partition coefficient (Wildman–Crippen LogP) is 2.14. The third kappa shape index (κ3) is 3.44. The summed E-state index contributed by atoms with van der Waals surface area (Å²) in [6, 6.07) is 16.5. The molecule has 4 amide bonds. The first-order valence-corrected chi connectivity index (χ1v) is 9.69. The summed E-state index contributed by atoms with van der Waals surface area (Å²) in [5.41, 5.74) is 0.578. The molecule has 2 aliphatic rings. The van der Waals surface area contributed by atoms with E-state index in [1.165, 1.54) is 0 Å². The van der Waals surface area contributed by atoms with Crippen LogP contribution in [0, 0.1) is 0 Å². The van der Waals surface area contributed by atoms with Gasteiger partial charge in [-0.2, -0.15) is 0 Å². The van der Waals surface area contributed by atoms with Crippen molar-refractivity contribution in [2.24, 2.45) is 0 Å². The van der Waals surface area contributed by atoms with Crippen LogP contribution in [0.5, 0.6) is 5.75 Å². The number of carbonyl (C=O) groups excluding carboxylic acids is 3. The molecule has 2 aromatic carbocycles. The Hall–Kier alpha value is -3.35. The fraction of sp³-hybridized carbons (Fsp3) is 0.318. The molecular weight excluding hydrogens is 370 g/mol. The Labute approximate surface area is 169 Å². The van der Waals surface area contributed by atoms with Gasteiger partial charge in [0.25, 0.3) is 5.91 Å². The molecule has 1 spiro atoms. The van der Waals surface area contributed by atoms with Gasteiger partial charge in [0.2, 0.25) is 5.91 Å². The summed E-state index contributed by atoms with van der Waals surface area (Å²) < 4.78 is 5.62. The molecule has 0 unspecified atom stereocenters. The van der Waals surface area contributed by atoms with Gasteiger partial charge in [-0.3, -0.25) is 14.5 Å². The van der Waals surface area contributed by atoms with Crippen LogP contribution in [0.1, 0.15) is 30.4 Å². The number of hydrogen-bond acceptors (Lipinski definition) is 4. The lowest BCUT2D eigenvalue weighted by molar-refractivity contribution is -0.136. The lowest BCUT2D eigenvalue weighted by Crippen LogP contribution is -2.48. The number of nitrogens with zero attached hydrogens (tertiary/aromatic N) is 1. The maximum Gasteiger partial charge on any atom is 0.325 e. The second-order valence-corrected chi connectivity index (χ2v) is 7.44. The van der Waals surface area contributed by atoms with E-state index in [2.05, 4.69) is 10.6 Å². The van der Waals surface area contributed by atoms with Crippen molar-refractivity contribution >= 4 is 17.8 Å². The fourth-order valence-electron chi connectivity index (χ4n) is 3.88. The molecule has 2 aliphatic heterocycles. The molecule has 150 valence electrons. The monoisotopic (exact) mass is 393 g/mol.